The van der Waals surface area contributed by atoms with Crippen molar-refractivity contribution in [2.75, 3.05) is 21.7 Å². The van der Waals surface area contributed by atoms with E-state index in [1.165, 1.54) is 22.3 Å². The van der Waals surface area contributed by atoms with Crippen LogP contribution in [0.1, 0.15) is 22.6 Å². The number of hydrogen-bond acceptors (Lipinski definition) is 5. The molecule has 0 unspecified atom stereocenters. The molecule has 3 aromatic rings. The molecule has 10 heteroatoms. The first kappa shape index (κ1) is 20.5. The number of fused-ring (bicyclic) bond motifs is 3. The van der Waals surface area contributed by atoms with E-state index in [0.717, 1.165) is 34.1 Å². The van der Waals surface area contributed by atoms with Crippen LogP contribution in [0, 0.1) is 13.8 Å². The van der Waals surface area contributed by atoms with Crippen LogP contribution in [-0.2, 0) is 6.18 Å². The zero-order valence-corrected chi connectivity index (χ0v) is 18.0. The van der Waals surface area contributed by atoms with E-state index in [9.17, 15) is 18.0 Å². The molecule has 4 heterocycles. The lowest BCUT2D eigenvalue weighted by Gasteiger charge is -2.29. The highest BCUT2D eigenvalue weighted by atomic mass is 32.1. The van der Waals surface area contributed by atoms with Gasteiger partial charge in [0.1, 0.15) is 0 Å². The molecule has 2 bridgehead atoms. The van der Waals surface area contributed by atoms with Gasteiger partial charge in [0.05, 0.1) is 22.6 Å². The van der Waals surface area contributed by atoms with Crippen molar-refractivity contribution in [3.05, 3.63) is 64.4 Å². The highest BCUT2D eigenvalue weighted by Gasteiger charge is 2.35. The van der Waals surface area contributed by atoms with Crippen molar-refractivity contribution >= 4 is 34.0 Å². The van der Waals surface area contributed by atoms with E-state index in [2.05, 4.69) is 15.3 Å². The summed E-state index contributed by atoms with van der Waals surface area (Å²) < 4.78 is 39.5. The molecule has 2 aromatic heterocycles. The monoisotopic (exact) mass is 457 g/mol. The Bertz CT molecular complexity index is 1250. The van der Waals surface area contributed by atoms with Gasteiger partial charge in [-0.25, -0.2) is 19.7 Å². The van der Waals surface area contributed by atoms with E-state index in [1.807, 2.05) is 24.9 Å². The molecular formula is C22H18F3N5OS. The van der Waals surface area contributed by atoms with E-state index in [4.69, 9.17) is 0 Å². The molecule has 2 aliphatic heterocycles. The second kappa shape index (κ2) is 7.33. The summed E-state index contributed by atoms with van der Waals surface area (Å²) in [5.74, 6) is 0.386. The summed E-state index contributed by atoms with van der Waals surface area (Å²) in [7, 11) is 0. The van der Waals surface area contributed by atoms with Gasteiger partial charge < -0.3 is 4.90 Å². The van der Waals surface area contributed by atoms with Gasteiger partial charge in [0.2, 0.25) is 0 Å². The topological polar surface area (TPSA) is 61.4 Å². The minimum Gasteiger partial charge on any atom is -0.343 e. The molecule has 0 saturated heterocycles. The molecule has 5 rings (SSSR count). The summed E-state index contributed by atoms with van der Waals surface area (Å²) in [6.45, 7) is 4.50. The third-order valence-electron chi connectivity index (χ3n) is 5.51. The van der Waals surface area contributed by atoms with Gasteiger partial charge in [-0.1, -0.05) is 12.1 Å². The predicted molar refractivity (Wildman–Crippen MR) is 118 cm³/mol. The standard InChI is InChI=1S/C22H18F3N5OS/c1-12-13(2)32-20(26-12)28-21(31)30-16-8-9-29(11-16)18-7-6-17(27-19(18)30)14-4-3-5-15(10-14)22(23,24)25/h3-7,10-11H,8-9H2,1-2H3,(H,26,28,31). The highest BCUT2D eigenvalue weighted by Crippen LogP contribution is 2.42. The van der Waals surface area contributed by atoms with Gasteiger partial charge in [0.25, 0.3) is 0 Å². The van der Waals surface area contributed by atoms with E-state index in [-0.39, 0.29) is 0 Å². The summed E-state index contributed by atoms with van der Waals surface area (Å²) in [5.41, 5.74) is 2.29. The lowest BCUT2D eigenvalue weighted by Crippen LogP contribution is -2.36. The molecule has 1 N–H and O–H groups in total. The van der Waals surface area contributed by atoms with Crippen molar-refractivity contribution in [2.24, 2.45) is 0 Å². The van der Waals surface area contributed by atoms with Gasteiger partial charge in [-0.05, 0) is 38.1 Å². The number of carbonyl (C=O) groups is 1. The van der Waals surface area contributed by atoms with Crippen LogP contribution in [0.2, 0.25) is 0 Å². The van der Waals surface area contributed by atoms with Crippen molar-refractivity contribution in [3.8, 4) is 11.3 Å². The maximum absolute atomic E-state index is 13.2. The van der Waals surface area contributed by atoms with E-state index in [1.54, 1.807) is 18.2 Å². The van der Waals surface area contributed by atoms with Crippen LogP contribution in [-0.4, -0.2) is 22.5 Å². The number of rotatable bonds is 2. The first-order valence-electron chi connectivity index (χ1n) is 9.92. The molecule has 0 atom stereocenters. The lowest BCUT2D eigenvalue weighted by molar-refractivity contribution is -0.137. The first-order valence-corrected chi connectivity index (χ1v) is 10.7. The minimum atomic E-state index is -4.45. The Morgan fingerprint density at radius 3 is 2.69 bits per heavy atom. The number of thiazole rings is 1. The van der Waals surface area contributed by atoms with Crippen molar-refractivity contribution in [2.45, 2.75) is 26.4 Å². The second-order valence-electron chi connectivity index (χ2n) is 7.61. The number of nitrogens with zero attached hydrogens (tertiary/aromatic N) is 4. The number of aryl methyl sites for hydroxylation is 2. The Morgan fingerprint density at radius 1 is 1.16 bits per heavy atom. The van der Waals surface area contributed by atoms with E-state index < -0.39 is 17.8 Å². The number of benzene rings is 1. The molecule has 0 fully saturated rings. The quantitative estimate of drug-likeness (QED) is 0.517. The number of nitrogens with one attached hydrogen (secondary N) is 1. The lowest BCUT2D eigenvalue weighted by atomic mass is 10.1. The van der Waals surface area contributed by atoms with Gasteiger partial charge in [-0.2, -0.15) is 13.2 Å². The Kier molecular flexibility index (Phi) is 4.70. The third kappa shape index (κ3) is 3.50. The van der Waals surface area contributed by atoms with Crippen LogP contribution in [0.15, 0.2) is 48.3 Å². The third-order valence-corrected chi connectivity index (χ3v) is 6.50. The van der Waals surface area contributed by atoms with Crippen molar-refractivity contribution in [1.29, 1.82) is 0 Å². The number of aromatic nitrogens is 2. The zero-order chi connectivity index (χ0) is 22.6. The molecule has 0 spiro atoms. The molecule has 2 aliphatic rings. The Hall–Kier alpha value is -3.40. The number of halogens is 3. The van der Waals surface area contributed by atoms with Crippen molar-refractivity contribution in [3.63, 3.8) is 0 Å². The summed E-state index contributed by atoms with van der Waals surface area (Å²) in [4.78, 5) is 26.7. The highest BCUT2D eigenvalue weighted by molar-refractivity contribution is 7.15. The fourth-order valence-electron chi connectivity index (χ4n) is 3.79. The zero-order valence-electron chi connectivity index (χ0n) is 17.2. The number of alkyl halides is 3. The van der Waals surface area contributed by atoms with Crippen molar-refractivity contribution < 1.29 is 18.0 Å². The molecule has 0 saturated carbocycles. The maximum atomic E-state index is 13.2. The SMILES string of the molecule is Cc1nc(NC(=O)N2C3=CN(CC3)c3ccc(-c4cccc(C(F)(F)F)c4)nc32)sc1C. The number of hydrogen-bond donors (Lipinski definition) is 1. The van der Waals surface area contributed by atoms with Gasteiger partial charge in [0.15, 0.2) is 10.9 Å². The van der Waals surface area contributed by atoms with Crippen molar-refractivity contribution in [1.82, 2.24) is 9.97 Å². The average molecular weight is 457 g/mol. The molecule has 0 radical (unpaired) electrons. The van der Waals surface area contributed by atoms with Crippen LogP contribution < -0.4 is 15.1 Å². The predicted octanol–water partition coefficient (Wildman–Crippen LogP) is 5.94. The molecule has 2 amide bonds. The van der Waals surface area contributed by atoms with Gasteiger partial charge in [0, 0.05) is 35.3 Å². The summed E-state index contributed by atoms with van der Waals surface area (Å²) in [6, 6.07) is 8.08. The summed E-state index contributed by atoms with van der Waals surface area (Å²) in [6.07, 6.45) is -1.90. The largest absolute Gasteiger partial charge is 0.416 e. The van der Waals surface area contributed by atoms with Crippen LogP contribution in [0.3, 0.4) is 0 Å². The molecule has 32 heavy (non-hydrogen) atoms. The minimum absolute atomic E-state index is 0.330. The van der Waals surface area contributed by atoms with Gasteiger partial charge in [-0.3, -0.25) is 5.32 Å². The maximum Gasteiger partial charge on any atom is 0.416 e. The Balaban J connectivity index is 1.53. The average Bonchev–Trinajstić information content (AvgIpc) is 3.30. The number of carbonyl (C=O) groups excluding carboxylic acids is 1. The van der Waals surface area contributed by atoms with Crippen LogP contribution in [0.4, 0.5) is 34.6 Å². The van der Waals surface area contributed by atoms with Crippen LogP contribution in [0.5, 0.6) is 0 Å². The molecule has 1 aromatic carbocycles. The number of pyridine rings is 1. The molecule has 0 aliphatic carbocycles. The fourth-order valence-corrected chi connectivity index (χ4v) is 4.59. The van der Waals surface area contributed by atoms with Gasteiger partial charge >= 0.3 is 12.2 Å². The van der Waals surface area contributed by atoms with E-state index >= 15 is 0 Å². The molecular weight excluding hydrogens is 439 g/mol. The second-order valence-corrected chi connectivity index (χ2v) is 8.81. The smallest absolute Gasteiger partial charge is 0.343 e. The number of urea groups is 1. The van der Waals surface area contributed by atoms with Crippen LogP contribution in [0.25, 0.3) is 11.3 Å². The van der Waals surface area contributed by atoms with E-state index in [0.29, 0.717) is 35.2 Å². The fraction of sp³-hybridized carbons (Fsp3) is 0.227. The number of anilines is 3. The normalized spacial score (nSPS) is 15.0. The first-order chi connectivity index (χ1) is 15.2. The number of amides is 2. The molecule has 6 nitrogen and oxygen atoms in total. The molecule has 164 valence electrons. The Morgan fingerprint density at radius 2 is 1.97 bits per heavy atom. The Labute approximate surface area is 186 Å². The summed E-state index contributed by atoms with van der Waals surface area (Å²) >= 11 is 1.38. The van der Waals surface area contributed by atoms with Crippen LogP contribution >= 0.6 is 11.3 Å². The van der Waals surface area contributed by atoms with Gasteiger partial charge in [-0.15, -0.1) is 11.3 Å². The summed E-state index contributed by atoms with van der Waals surface area (Å²) in [5, 5.41) is 3.32.